The number of anilines is 2. The van der Waals surface area contributed by atoms with Gasteiger partial charge in [0.25, 0.3) is 0 Å². The van der Waals surface area contributed by atoms with E-state index in [1.165, 1.54) is 0 Å². The van der Waals surface area contributed by atoms with Gasteiger partial charge in [0.1, 0.15) is 0 Å². The predicted octanol–water partition coefficient (Wildman–Crippen LogP) is 2.40. The monoisotopic (exact) mass is 303 g/mol. The van der Waals surface area contributed by atoms with Gasteiger partial charge in [0.05, 0.1) is 11.9 Å². The third kappa shape index (κ3) is 3.36. The first-order chi connectivity index (χ1) is 10.2. The molecule has 3 heterocycles. The number of amides is 1. The zero-order valence-electron chi connectivity index (χ0n) is 11.8. The maximum atomic E-state index is 11.5. The highest BCUT2D eigenvalue weighted by molar-refractivity contribution is 7.13. The first kappa shape index (κ1) is 13.9. The fourth-order valence-electron chi connectivity index (χ4n) is 2.51. The first-order valence-corrected chi connectivity index (χ1v) is 7.84. The number of nitrogens with zero attached hydrogens (tertiary/aromatic N) is 4. The number of nitrogens with one attached hydrogen (secondary N) is 1. The summed E-state index contributed by atoms with van der Waals surface area (Å²) >= 11 is 1.55. The van der Waals surface area contributed by atoms with Gasteiger partial charge in [-0.3, -0.25) is 9.78 Å². The fraction of sp³-hybridized carbons (Fsp3) is 0.429. The molecular weight excluding hydrogens is 286 g/mol. The van der Waals surface area contributed by atoms with Gasteiger partial charge in [-0.15, -0.1) is 11.3 Å². The molecule has 0 aromatic carbocycles. The Morgan fingerprint density at radius 1 is 1.48 bits per heavy atom. The van der Waals surface area contributed by atoms with Gasteiger partial charge in [-0.2, -0.15) is 0 Å². The van der Waals surface area contributed by atoms with Crippen molar-refractivity contribution in [2.24, 2.45) is 0 Å². The third-order valence-electron chi connectivity index (χ3n) is 3.61. The molecule has 0 aliphatic carbocycles. The lowest BCUT2D eigenvalue weighted by molar-refractivity contribution is -0.130. The summed E-state index contributed by atoms with van der Waals surface area (Å²) < 4.78 is 0. The molecule has 1 atom stereocenters. The summed E-state index contributed by atoms with van der Waals surface area (Å²) in [6.45, 7) is 3.26. The van der Waals surface area contributed by atoms with E-state index in [1.54, 1.807) is 36.9 Å². The van der Waals surface area contributed by atoms with Gasteiger partial charge in [0.15, 0.2) is 10.9 Å². The zero-order valence-corrected chi connectivity index (χ0v) is 12.6. The van der Waals surface area contributed by atoms with Crippen LogP contribution in [0.5, 0.6) is 0 Å². The van der Waals surface area contributed by atoms with Crippen LogP contribution in [0.1, 0.15) is 31.4 Å². The largest absolute Gasteiger partial charge is 0.342 e. The lowest BCUT2D eigenvalue weighted by Crippen LogP contribution is -2.37. The zero-order chi connectivity index (χ0) is 14.7. The van der Waals surface area contributed by atoms with Crippen molar-refractivity contribution < 1.29 is 4.79 Å². The minimum Gasteiger partial charge on any atom is -0.342 e. The van der Waals surface area contributed by atoms with Crippen LogP contribution in [0.4, 0.5) is 10.9 Å². The molecule has 110 valence electrons. The number of hydrogen-bond acceptors (Lipinski definition) is 6. The van der Waals surface area contributed by atoms with Crippen LogP contribution in [-0.4, -0.2) is 38.8 Å². The van der Waals surface area contributed by atoms with Crippen molar-refractivity contribution in [1.29, 1.82) is 0 Å². The molecule has 6 nitrogen and oxygen atoms in total. The minimum absolute atomic E-state index is 0.146. The van der Waals surface area contributed by atoms with Crippen LogP contribution in [-0.2, 0) is 4.79 Å². The summed E-state index contributed by atoms with van der Waals surface area (Å²) in [5.74, 6) is 1.16. The Kier molecular flexibility index (Phi) is 4.10. The molecule has 2 aromatic heterocycles. The second-order valence-electron chi connectivity index (χ2n) is 5.10. The van der Waals surface area contributed by atoms with E-state index in [9.17, 15) is 4.79 Å². The average molecular weight is 303 g/mol. The summed E-state index contributed by atoms with van der Waals surface area (Å²) in [7, 11) is 0. The van der Waals surface area contributed by atoms with Crippen molar-refractivity contribution in [2.75, 3.05) is 18.4 Å². The van der Waals surface area contributed by atoms with Gasteiger partial charge in [-0.05, 0) is 12.8 Å². The second-order valence-corrected chi connectivity index (χ2v) is 5.96. The molecule has 0 unspecified atom stereocenters. The summed E-state index contributed by atoms with van der Waals surface area (Å²) in [5.41, 5.74) is 1.05. The minimum atomic E-state index is 0.146. The molecule has 1 aliphatic rings. The summed E-state index contributed by atoms with van der Waals surface area (Å²) in [5, 5.41) is 6.02. The molecule has 21 heavy (non-hydrogen) atoms. The fourth-order valence-corrected chi connectivity index (χ4v) is 3.31. The van der Waals surface area contributed by atoms with Crippen LogP contribution in [0.15, 0.2) is 24.0 Å². The molecular formula is C14H17N5OS. The Labute approximate surface area is 127 Å². The van der Waals surface area contributed by atoms with Crippen LogP contribution in [0, 0.1) is 0 Å². The maximum absolute atomic E-state index is 11.5. The smallest absolute Gasteiger partial charge is 0.219 e. The number of carbonyl (C=O) groups is 1. The van der Waals surface area contributed by atoms with Gasteiger partial charge in [0.2, 0.25) is 5.91 Å². The Bertz CT molecular complexity index is 615. The van der Waals surface area contributed by atoms with Gasteiger partial charge in [-0.1, -0.05) is 0 Å². The maximum Gasteiger partial charge on any atom is 0.219 e. The normalized spacial score (nSPS) is 18.5. The number of thiazole rings is 1. The van der Waals surface area contributed by atoms with Crippen LogP contribution in [0.3, 0.4) is 0 Å². The van der Waals surface area contributed by atoms with Crippen LogP contribution in [0.25, 0.3) is 0 Å². The van der Waals surface area contributed by atoms with Crippen molar-refractivity contribution in [3.05, 3.63) is 29.7 Å². The number of rotatable bonds is 3. The molecule has 1 saturated heterocycles. The van der Waals surface area contributed by atoms with E-state index in [2.05, 4.69) is 25.6 Å². The SMILES string of the molecule is CC(=O)N1CCC[C@@H](c2csc(Nc3cnccn3)n2)C1. The van der Waals surface area contributed by atoms with Crippen LogP contribution < -0.4 is 5.32 Å². The Hall–Kier alpha value is -2.02. The van der Waals surface area contributed by atoms with E-state index in [0.29, 0.717) is 11.7 Å². The molecule has 7 heteroatoms. The van der Waals surface area contributed by atoms with Crippen molar-refractivity contribution >= 4 is 28.2 Å². The molecule has 3 rings (SSSR count). The van der Waals surface area contributed by atoms with Gasteiger partial charge >= 0.3 is 0 Å². The topological polar surface area (TPSA) is 71.0 Å². The molecule has 1 amide bonds. The van der Waals surface area contributed by atoms with E-state index in [-0.39, 0.29) is 5.91 Å². The van der Waals surface area contributed by atoms with E-state index in [0.717, 1.165) is 36.8 Å². The van der Waals surface area contributed by atoms with Crippen LogP contribution >= 0.6 is 11.3 Å². The summed E-state index contributed by atoms with van der Waals surface area (Å²) in [6.07, 6.45) is 7.06. The van der Waals surface area contributed by atoms with Gasteiger partial charge in [-0.25, -0.2) is 9.97 Å². The van der Waals surface area contributed by atoms with E-state index >= 15 is 0 Å². The van der Waals surface area contributed by atoms with E-state index < -0.39 is 0 Å². The highest BCUT2D eigenvalue weighted by atomic mass is 32.1. The second kappa shape index (κ2) is 6.17. The third-order valence-corrected chi connectivity index (χ3v) is 4.38. The summed E-state index contributed by atoms with van der Waals surface area (Å²) in [6, 6.07) is 0. The highest BCUT2D eigenvalue weighted by Crippen LogP contribution is 2.30. The Morgan fingerprint density at radius 2 is 2.38 bits per heavy atom. The highest BCUT2D eigenvalue weighted by Gasteiger charge is 2.24. The molecule has 0 saturated carbocycles. The van der Waals surface area contributed by atoms with E-state index in [4.69, 9.17) is 0 Å². The number of hydrogen-bond donors (Lipinski definition) is 1. The molecule has 1 aliphatic heterocycles. The molecule has 0 bridgehead atoms. The average Bonchev–Trinajstić information content (AvgIpc) is 2.97. The number of aromatic nitrogens is 3. The van der Waals surface area contributed by atoms with Gasteiger partial charge in [0, 0.05) is 43.7 Å². The number of piperidine rings is 1. The molecule has 1 fully saturated rings. The van der Waals surface area contributed by atoms with Crippen molar-refractivity contribution in [3.63, 3.8) is 0 Å². The van der Waals surface area contributed by atoms with Crippen molar-refractivity contribution in [2.45, 2.75) is 25.7 Å². The quantitative estimate of drug-likeness (QED) is 0.942. The van der Waals surface area contributed by atoms with Crippen molar-refractivity contribution in [3.8, 4) is 0 Å². The molecule has 0 spiro atoms. The predicted molar refractivity (Wildman–Crippen MR) is 81.7 cm³/mol. The Morgan fingerprint density at radius 3 is 3.14 bits per heavy atom. The van der Waals surface area contributed by atoms with E-state index in [1.807, 2.05) is 4.90 Å². The number of likely N-dealkylation sites (tertiary alicyclic amines) is 1. The molecule has 2 aromatic rings. The molecule has 1 N–H and O–H groups in total. The van der Waals surface area contributed by atoms with Crippen molar-refractivity contribution in [1.82, 2.24) is 19.9 Å². The summed E-state index contributed by atoms with van der Waals surface area (Å²) in [4.78, 5) is 26.2. The number of carbonyl (C=O) groups excluding carboxylic acids is 1. The Balaban J connectivity index is 1.68. The standard InChI is InChI=1S/C14H17N5OS/c1-10(20)19-6-2-3-11(8-19)12-9-21-14(17-12)18-13-7-15-4-5-16-13/h4-5,7,9,11H,2-3,6,8H2,1H3,(H,16,17,18)/t11-/m1/s1. The lowest BCUT2D eigenvalue weighted by atomic mass is 9.95. The van der Waals surface area contributed by atoms with Gasteiger partial charge < -0.3 is 10.2 Å². The lowest BCUT2D eigenvalue weighted by Gasteiger charge is -2.31. The molecule has 0 radical (unpaired) electrons. The van der Waals surface area contributed by atoms with Crippen LogP contribution in [0.2, 0.25) is 0 Å². The first-order valence-electron chi connectivity index (χ1n) is 6.96.